The van der Waals surface area contributed by atoms with Gasteiger partial charge < -0.3 is 4.90 Å². The molecule has 7 nitrogen and oxygen atoms in total. The van der Waals surface area contributed by atoms with Crippen molar-refractivity contribution in [3.63, 3.8) is 0 Å². The summed E-state index contributed by atoms with van der Waals surface area (Å²) < 4.78 is 1.62. The molecule has 4 heterocycles. The van der Waals surface area contributed by atoms with Gasteiger partial charge in [0.15, 0.2) is 0 Å². The van der Waals surface area contributed by atoms with Crippen LogP contribution in [-0.4, -0.2) is 41.9 Å². The van der Waals surface area contributed by atoms with E-state index in [4.69, 9.17) is 4.98 Å². The molecule has 8 heteroatoms. The number of rotatable bonds is 2. The number of nitrogens with zero attached hydrogens (tertiary/aromatic N) is 6. The van der Waals surface area contributed by atoms with E-state index in [1.807, 2.05) is 38.1 Å². The molecule has 1 amide bonds. The molecule has 1 aromatic carbocycles. The molecule has 1 aliphatic rings. The second-order valence-corrected chi connectivity index (χ2v) is 8.00. The van der Waals surface area contributed by atoms with Gasteiger partial charge in [0.25, 0.3) is 11.7 Å². The molecule has 28 heavy (non-hydrogen) atoms. The molecule has 0 spiro atoms. The predicted octanol–water partition coefficient (Wildman–Crippen LogP) is 3.06. The highest BCUT2D eigenvalue weighted by molar-refractivity contribution is 7.15. The van der Waals surface area contributed by atoms with Gasteiger partial charge in [0.2, 0.25) is 5.82 Å². The lowest BCUT2D eigenvalue weighted by Gasteiger charge is -2.24. The molecule has 0 bridgehead atoms. The molecule has 4 aromatic rings. The number of aromatic nitrogens is 5. The van der Waals surface area contributed by atoms with Crippen molar-refractivity contribution >= 4 is 23.0 Å². The highest BCUT2D eigenvalue weighted by Gasteiger charge is 2.27. The topological polar surface area (TPSA) is 76.3 Å². The quantitative estimate of drug-likeness (QED) is 0.526. The Morgan fingerprint density at radius 3 is 2.75 bits per heavy atom. The van der Waals surface area contributed by atoms with E-state index in [0.717, 1.165) is 39.0 Å². The van der Waals surface area contributed by atoms with Gasteiger partial charge in [-0.15, -0.1) is 16.4 Å². The molecule has 0 N–H and O–H groups in total. The Morgan fingerprint density at radius 2 is 1.93 bits per heavy atom. The first-order valence-corrected chi connectivity index (χ1v) is 9.94. The summed E-state index contributed by atoms with van der Waals surface area (Å²) >= 11 is 1.65. The highest BCUT2D eigenvalue weighted by atomic mass is 32.1. The largest absolute Gasteiger partial charge is 0.330 e. The van der Waals surface area contributed by atoms with Gasteiger partial charge in [-0.05, 0) is 19.9 Å². The maximum atomic E-state index is 13.0. The molecule has 5 rings (SSSR count). The molecule has 0 atom stereocenters. The zero-order chi connectivity index (χ0) is 19.3. The summed E-state index contributed by atoms with van der Waals surface area (Å²) in [7, 11) is 0. The van der Waals surface area contributed by atoms with Gasteiger partial charge in [0.1, 0.15) is 5.01 Å². The second kappa shape index (κ2) is 6.49. The van der Waals surface area contributed by atoms with Crippen LogP contribution >= 0.6 is 11.3 Å². The molecule has 1 aliphatic heterocycles. The number of hydrogen-bond acceptors (Lipinski definition) is 6. The third-order valence-electron chi connectivity index (χ3n) is 4.85. The molecule has 3 aromatic heterocycles. The number of fused-ring (bicyclic) bond motifs is 2. The van der Waals surface area contributed by atoms with Gasteiger partial charge in [0.05, 0.1) is 12.2 Å². The minimum Gasteiger partial charge on any atom is -0.330 e. The Bertz CT molecular complexity index is 1200. The van der Waals surface area contributed by atoms with E-state index in [0.29, 0.717) is 18.9 Å². The summed E-state index contributed by atoms with van der Waals surface area (Å²) in [5.74, 6) is 0.489. The standard InChI is InChI=1S/C20H18N6OS/c1-12-10-13(2)26-20(21-12)23-17(24-26)19(27)25-9-8-15-16(11-25)28-18(22-15)14-6-4-3-5-7-14/h3-7,10H,8-9,11H2,1-2H3. The van der Waals surface area contributed by atoms with Crippen LogP contribution in [0.1, 0.15) is 32.6 Å². The van der Waals surface area contributed by atoms with Crippen molar-refractivity contribution in [1.29, 1.82) is 0 Å². The van der Waals surface area contributed by atoms with Crippen LogP contribution in [0, 0.1) is 13.8 Å². The fourth-order valence-corrected chi connectivity index (χ4v) is 4.60. The Labute approximate surface area is 165 Å². The lowest BCUT2D eigenvalue weighted by molar-refractivity contribution is 0.0724. The smallest absolute Gasteiger partial charge is 0.293 e. The number of carbonyl (C=O) groups excluding carboxylic acids is 1. The molecule has 0 saturated carbocycles. The summed E-state index contributed by atoms with van der Waals surface area (Å²) in [4.78, 5) is 29.4. The minimum atomic E-state index is -0.164. The summed E-state index contributed by atoms with van der Waals surface area (Å²) in [6, 6.07) is 12.1. The first-order valence-electron chi connectivity index (χ1n) is 9.13. The Morgan fingerprint density at radius 1 is 1.11 bits per heavy atom. The number of hydrogen-bond donors (Lipinski definition) is 0. The Kier molecular flexibility index (Phi) is 3.94. The molecular weight excluding hydrogens is 372 g/mol. The van der Waals surface area contributed by atoms with Crippen LogP contribution in [0.15, 0.2) is 36.4 Å². The van der Waals surface area contributed by atoms with Gasteiger partial charge in [-0.3, -0.25) is 4.79 Å². The molecule has 0 aliphatic carbocycles. The van der Waals surface area contributed by atoms with Crippen LogP contribution in [0.4, 0.5) is 0 Å². The average Bonchev–Trinajstić information content (AvgIpc) is 3.31. The van der Waals surface area contributed by atoms with Crippen molar-refractivity contribution in [3.05, 3.63) is 64.2 Å². The van der Waals surface area contributed by atoms with Crippen LogP contribution in [-0.2, 0) is 13.0 Å². The van der Waals surface area contributed by atoms with Crippen molar-refractivity contribution in [2.24, 2.45) is 0 Å². The van der Waals surface area contributed by atoms with Crippen molar-refractivity contribution in [1.82, 2.24) is 29.5 Å². The van der Waals surface area contributed by atoms with Crippen LogP contribution < -0.4 is 0 Å². The van der Waals surface area contributed by atoms with Gasteiger partial charge in [-0.2, -0.15) is 4.98 Å². The van der Waals surface area contributed by atoms with Crippen molar-refractivity contribution in [3.8, 4) is 10.6 Å². The van der Waals surface area contributed by atoms with E-state index in [-0.39, 0.29) is 11.7 Å². The number of benzene rings is 1. The maximum absolute atomic E-state index is 13.0. The fraction of sp³-hybridized carbons (Fsp3) is 0.250. The summed E-state index contributed by atoms with van der Waals surface area (Å²) in [6.07, 6.45) is 0.744. The van der Waals surface area contributed by atoms with Crippen molar-refractivity contribution < 1.29 is 4.79 Å². The summed E-state index contributed by atoms with van der Waals surface area (Å²) in [6.45, 7) is 4.99. The van der Waals surface area contributed by atoms with E-state index >= 15 is 0 Å². The third kappa shape index (κ3) is 2.86. The van der Waals surface area contributed by atoms with Crippen molar-refractivity contribution in [2.45, 2.75) is 26.8 Å². The molecule has 140 valence electrons. The lowest BCUT2D eigenvalue weighted by atomic mass is 10.1. The van der Waals surface area contributed by atoms with E-state index in [1.54, 1.807) is 20.8 Å². The minimum absolute atomic E-state index is 0.164. The molecule has 0 radical (unpaired) electrons. The van der Waals surface area contributed by atoms with Crippen LogP contribution in [0.25, 0.3) is 16.3 Å². The van der Waals surface area contributed by atoms with Crippen molar-refractivity contribution in [2.75, 3.05) is 6.54 Å². The first-order chi connectivity index (χ1) is 13.6. The third-order valence-corrected chi connectivity index (χ3v) is 5.98. The van der Waals surface area contributed by atoms with Crippen LogP contribution in [0.2, 0.25) is 0 Å². The molecule has 0 saturated heterocycles. The number of aryl methyl sites for hydroxylation is 2. The van der Waals surface area contributed by atoms with Gasteiger partial charge in [0, 0.05) is 34.8 Å². The summed E-state index contributed by atoms with van der Waals surface area (Å²) in [5.41, 5.74) is 3.96. The monoisotopic (exact) mass is 390 g/mol. The predicted molar refractivity (Wildman–Crippen MR) is 106 cm³/mol. The Hall–Kier alpha value is -3.13. The van der Waals surface area contributed by atoms with Gasteiger partial charge in [-0.25, -0.2) is 14.5 Å². The van der Waals surface area contributed by atoms with Crippen LogP contribution in [0.3, 0.4) is 0 Å². The number of amides is 1. The Balaban J connectivity index is 1.42. The maximum Gasteiger partial charge on any atom is 0.293 e. The second-order valence-electron chi connectivity index (χ2n) is 6.92. The van der Waals surface area contributed by atoms with Gasteiger partial charge in [-0.1, -0.05) is 30.3 Å². The first kappa shape index (κ1) is 17.0. The number of thiazole rings is 1. The van der Waals surface area contributed by atoms with E-state index in [9.17, 15) is 4.79 Å². The lowest BCUT2D eigenvalue weighted by Crippen LogP contribution is -2.36. The molecular formula is C20H18N6OS. The zero-order valence-electron chi connectivity index (χ0n) is 15.6. The SMILES string of the molecule is Cc1cc(C)n2nc(C(=O)N3CCc4nc(-c5ccccc5)sc4C3)nc2n1. The van der Waals surface area contributed by atoms with E-state index < -0.39 is 0 Å². The molecule has 0 unspecified atom stereocenters. The fourth-order valence-electron chi connectivity index (χ4n) is 3.47. The summed E-state index contributed by atoms with van der Waals surface area (Å²) in [5, 5.41) is 5.38. The normalized spacial score (nSPS) is 13.7. The average molecular weight is 390 g/mol. The van der Waals surface area contributed by atoms with E-state index in [2.05, 4.69) is 27.2 Å². The van der Waals surface area contributed by atoms with Gasteiger partial charge >= 0.3 is 0 Å². The van der Waals surface area contributed by atoms with E-state index in [1.165, 1.54) is 0 Å². The zero-order valence-corrected chi connectivity index (χ0v) is 16.4. The molecule has 0 fully saturated rings. The van der Waals surface area contributed by atoms with Crippen LogP contribution in [0.5, 0.6) is 0 Å². The highest BCUT2D eigenvalue weighted by Crippen LogP contribution is 2.31. The number of carbonyl (C=O) groups is 1.